The molecule has 2 N–H and O–H groups in total. The summed E-state index contributed by atoms with van der Waals surface area (Å²) in [5.41, 5.74) is -2.46. The number of aromatic nitrogens is 3. The third-order valence-electron chi connectivity index (χ3n) is 7.19. The van der Waals surface area contributed by atoms with Crippen molar-refractivity contribution >= 4 is 65.2 Å². The van der Waals surface area contributed by atoms with Gasteiger partial charge in [-0.15, -0.1) is 3.71 Å². The molecule has 53 heavy (non-hydrogen) atoms. The number of benzene rings is 2. The molecule has 0 fully saturated rings. The molecular formula is C31H29ClF5N5O8S3. The molecule has 0 spiro atoms. The summed E-state index contributed by atoms with van der Waals surface area (Å²) >= 11 is 6.41. The summed E-state index contributed by atoms with van der Waals surface area (Å²) in [6, 6.07) is 5.68. The van der Waals surface area contributed by atoms with Gasteiger partial charge in [-0.1, -0.05) is 23.6 Å². The number of nitrogens with one attached hydrogen (secondary N) is 1. The highest BCUT2D eigenvalue weighted by Gasteiger charge is 2.37. The van der Waals surface area contributed by atoms with Gasteiger partial charge in [0.15, 0.2) is 5.82 Å². The molecule has 286 valence electrons. The van der Waals surface area contributed by atoms with E-state index in [9.17, 15) is 57.1 Å². The number of carbonyl (C=O) groups is 1. The third kappa shape index (κ3) is 10.3. The van der Waals surface area contributed by atoms with Crippen LogP contribution in [0, 0.1) is 28.9 Å². The number of hydrogen-bond donors (Lipinski definition) is 3. The van der Waals surface area contributed by atoms with Crippen LogP contribution < -0.4 is 9.03 Å². The van der Waals surface area contributed by atoms with E-state index in [1.165, 1.54) is 32.0 Å². The molecule has 0 bridgehead atoms. The zero-order valence-electron chi connectivity index (χ0n) is 27.9. The van der Waals surface area contributed by atoms with Gasteiger partial charge in [-0.2, -0.15) is 18.3 Å². The topological polar surface area (TPSA) is 186 Å². The zero-order chi connectivity index (χ0) is 39.8. The summed E-state index contributed by atoms with van der Waals surface area (Å²) in [4.78, 5) is 16.5. The number of rotatable bonds is 11. The quantitative estimate of drug-likeness (QED) is 0.107. The van der Waals surface area contributed by atoms with Gasteiger partial charge in [-0.25, -0.2) is 43.8 Å². The van der Waals surface area contributed by atoms with Crippen molar-refractivity contribution in [1.82, 2.24) is 20.1 Å². The number of fused-ring (bicyclic) bond motifs is 1. The highest BCUT2D eigenvalue weighted by molar-refractivity contribution is 8.09. The van der Waals surface area contributed by atoms with Gasteiger partial charge in [0.2, 0.25) is 20.0 Å². The fourth-order valence-corrected chi connectivity index (χ4v) is 9.23. The molecule has 0 aliphatic carbocycles. The van der Waals surface area contributed by atoms with Crippen molar-refractivity contribution in [1.29, 1.82) is 0 Å². The van der Waals surface area contributed by atoms with Crippen molar-refractivity contribution in [2.75, 3.05) is 22.0 Å². The lowest BCUT2D eigenvalue weighted by Gasteiger charge is -2.21. The first-order valence-electron chi connectivity index (χ1n) is 14.8. The molecule has 4 aromatic rings. The van der Waals surface area contributed by atoms with Crippen LogP contribution in [0.3, 0.4) is 0 Å². The maximum Gasteiger partial charge on any atom is 0.408 e. The van der Waals surface area contributed by atoms with Crippen LogP contribution in [0.15, 0.2) is 42.5 Å². The minimum Gasteiger partial charge on any atom is -0.465 e. The van der Waals surface area contributed by atoms with E-state index in [1.54, 1.807) is 0 Å². The van der Waals surface area contributed by atoms with E-state index in [4.69, 9.17) is 11.6 Å². The van der Waals surface area contributed by atoms with Gasteiger partial charge in [0.1, 0.15) is 34.6 Å². The lowest BCUT2D eigenvalue weighted by atomic mass is 9.93. The lowest BCUT2D eigenvalue weighted by molar-refractivity contribution is -0.141. The van der Waals surface area contributed by atoms with Gasteiger partial charge in [0.05, 0.1) is 45.9 Å². The van der Waals surface area contributed by atoms with Crippen LogP contribution in [0.4, 0.5) is 32.6 Å². The smallest absolute Gasteiger partial charge is 0.408 e. The van der Waals surface area contributed by atoms with Crippen LogP contribution >= 0.6 is 11.6 Å². The Morgan fingerprint density at radius 1 is 1.02 bits per heavy atom. The van der Waals surface area contributed by atoms with Gasteiger partial charge in [-0.3, -0.25) is 4.68 Å². The average Bonchev–Trinajstić information content (AvgIpc) is 3.30. The number of pyridine rings is 1. The molecule has 1 atom stereocenters. The van der Waals surface area contributed by atoms with Crippen molar-refractivity contribution in [3.8, 4) is 23.0 Å². The van der Waals surface area contributed by atoms with Crippen molar-refractivity contribution in [3.63, 3.8) is 0 Å². The van der Waals surface area contributed by atoms with Gasteiger partial charge in [-0.05, 0) is 62.1 Å². The van der Waals surface area contributed by atoms with Gasteiger partial charge in [0.25, 0.3) is 0 Å². The van der Waals surface area contributed by atoms with Crippen LogP contribution in [0.5, 0.6) is 0 Å². The Labute approximate surface area is 306 Å². The number of carboxylic acid groups (broad SMARTS) is 1. The average molecular weight is 826 g/mol. The van der Waals surface area contributed by atoms with Gasteiger partial charge in [0, 0.05) is 22.6 Å². The van der Waals surface area contributed by atoms with Crippen LogP contribution in [0.2, 0.25) is 5.02 Å². The van der Waals surface area contributed by atoms with Crippen molar-refractivity contribution in [2.24, 2.45) is 5.41 Å². The largest absolute Gasteiger partial charge is 0.465 e. The van der Waals surface area contributed by atoms with E-state index >= 15 is 0 Å². The minimum absolute atomic E-state index is 0.0755. The number of anilines is 1. The lowest BCUT2D eigenvalue weighted by Crippen LogP contribution is -2.36. The van der Waals surface area contributed by atoms with E-state index in [-0.39, 0.29) is 42.2 Å². The van der Waals surface area contributed by atoms with E-state index in [1.807, 2.05) is 0 Å². The number of alkyl halides is 3. The molecule has 1 amide bonds. The van der Waals surface area contributed by atoms with Crippen molar-refractivity contribution < 1.29 is 57.1 Å². The normalized spacial score (nSPS) is 13.1. The molecule has 0 aliphatic heterocycles. The first-order chi connectivity index (χ1) is 24.3. The summed E-state index contributed by atoms with van der Waals surface area (Å²) in [5.74, 6) is 2.08. The molecule has 4 rings (SSSR count). The fourth-order valence-electron chi connectivity index (χ4n) is 5.41. The van der Waals surface area contributed by atoms with Crippen LogP contribution in [-0.4, -0.2) is 75.7 Å². The van der Waals surface area contributed by atoms with Crippen LogP contribution in [0.25, 0.3) is 22.0 Å². The van der Waals surface area contributed by atoms with E-state index in [0.29, 0.717) is 18.6 Å². The molecule has 0 aliphatic rings. The molecule has 0 saturated heterocycles. The number of nitrogens with zero attached hydrogens (tertiary/aromatic N) is 4. The molecule has 13 nitrogen and oxygen atoms in total. The second-order valence-corrected chi connectivity index (χ2v) is 17.7. The zero-order valence-corrected chi connectivity index (χ0v) is 31.1. The molecule has 2 heterocycles. The summed E-state index contributed by atoms with van der Waals surface area (Å²) < 4.78 is 144. The molecule has 0 saturated carbocycles. The Balaban J connectivity index is 2.15. The summed E-state index contributed by atoms with van der Waals surface area (Å²) in [6.07, 6.45) is -6.20. The Kier molecular flexibility index (Phi) is 11.7. The summed E-state index contributed by atoms with van der Waals surface area (Å²) in [6.45, 7) is 1.16. The Morgan fingerprint density at radius 3 is 2.13 bits per heavy atom. The van der Waals surface area contributed by atoms with Crippen LogP contribution in [-0.2, 0) is 43.7 Å². The molecule has 2 aromatic carbocycles. The predicted octanol–water partition coefficient (Wildman–Crippen LogP) is 4.86. The highest BCUT2D eigenvalue weighted by Crippen LogP contribution is 2.42. The second-order valence-electron chi connectivity index (χ2n) is 12.4. The maximum atomic E-state index is 14.2. The molecule has 2 aromatic heterocycles. The standard InChI is InChI=1S/C31H29ClF5N5O8S3/c1-30(2,16-51(45)46)10-9-20-5-6-21(26(38-20)24(39-29(43)44)13-17-11-18(33)14-19(34)12-17)22-7-8-23(32)25-27(22)41(15-31(35,36)37)40-28(25)42(52(3,47)48)53(4,49)50/h5-8,11-12,14,24,39,51H,13,15-16H2,1-4H3,(H,43,44)/t24-/m0/s1. The Morgan fingerprint density at radius 2 is 1.60 bits per heavy atom. The summed E-state index contributed by atoms with van der Waals surface area (Å²) in [5, 5.41) is 14.8. The maximum absolute atomic E-state index is 14.2. The first-order valence-corrected chi connectivity index (χ1v) is 20.3. The van der Waals surface area contributed by atoms with Crippen LogP contribution in [0.1, 0.15) is 36.8 Å². The Hall–Kier alpha value is -4.52. The minimum atomic E-state index is -5.02. The SMILES string of the molecule is CC(C)(C#Cc1ccc(-c2ccc(Cl)c3c(N(S(C)(=O)=O)S(C)(=O)=O)nn(CC(F)(F)F)c23)c([C@H](Cc2cc(F)cc(F)c2)NC(=O)O)n1)C[SH](=O)=O. The number of thiol groups is 1. The molecule has 22 heteroatoms. The highest BCUT2D eigenvalue weighted by atomic mass is 35.5. The van der Waals surface area contributed by atoms with Gasteiger partial charge < -0.3 is 10.4 Å². The van der Waals surface area contributed by atoms with E-state index in [0.717, 1.165) is 18.2 Å². The van der Waals surface area contributed by atoms with Crippen molar-refractivity contribution in [3.05, 3.63) is 76.1 Å². The van der Waals surface area contributed by atoms with Gasteiger partial charge >= 0.3 is 12.3 Å². The molecular weight excluding hydrogens is 797 g/mol. The molecule has 0 unspecified atom stereocenters. The number of halogens is 6. The van der Waals surface area contributed by atoms with E-state index < -0.39 is 101 Å². The van der Waals surface area contributed by atoms with Crippen molar-refractivity contribution in [2.45, 2.75) is 39.0 Å². The number of sulfonamides is 2. The Bertz CT molecular complexity index is 2420. The third-order valence-corrected chi connectivity index (χ3v) is 11.7. The second kappa shape index (κ2) is 15.1. The number of hydrogen-bond acceptors (Lipinski definition) is 9. The first kappa shape index (κ1) is 41.2. The summed E-state index contributed by atoms with van der Waals surface area (Å²) in [7, 11) is -12.4. The predicted molar refractivity (Wildman–Crippen MR) is 186 cm³/mol. The monoisotopic (exact) mass is 825 g/mol. The number of amides is 1. The van der Waals surface area contributed by atoms with E-state index in [2.05, 4.69) is 27.2 Å². The molecule has 0 radical (unpaired) electrons. The fraction of sp³-hybridized carbons (Fsp3) is 0.323.